The topological polar surface area (TPSA) is 134 Å². The van der Waals surface area contributed by atoms with E-state index in [1.54, 1.807) is 64.1 Å². The third-order valence-corrected chi connectivity index (χ3v) is 11.4. The minimum Gasteiger partial charge on any atom is -0.381 e. The number of nitriles is 1. The number of fused-ring (bicyclic) bond motifs is 3. The fraction of sp³-hybridized carbons (Fsp3) is 0.317. The first-order chi connectivity index (χ1) is 27.0. The maximum Gasteiger partial charge on any atom is 0.338 e. The number of ether oxygens (including phenoxy) is 1. The van der Waals surface area contributed by atoms with E-state index in [1.807, 2.05) is 25.1 Å². The molecule has 13 nitrogen and oxygen atoms in total. The van der Waals surface area contributed by atoms with Crippen LogP contribution >= 0.6 is 0 Å². The van der Waals surface area contributed by atoms with Crippen molar-refractivity contribution < 1.29 is 18.3 Å². The van der Waals surface area contributed by atoms with Crippen LogP contribution < -0.4 is 5.69 Å². The molecule has 7 aromatic rings. The summed E-state index contributed by atoms with van der Waals surface area (Å²) in [5, 5.41) is 19.2. The Morgan fingerprint density at radius 3 is 2.48 bits per heavy atom. The smallest absolute Gasteiger partial charge is 0.338 e. The van der Waals surface area contributed by atoms with Crippen molar-refractivity contribution in [3.8, 4) is 23.3 Å². The molecule has 0 spiro atoms. The van der Waals surface area contributed by atoms with Gasteiger partial charge in [-0.15, -0.1) is 0 Å². The van der Waals surface area contributed by atoms with Gasteiger partial charge in [-0.05, 0) is 92.6 Å². The quantitative estimate of drug-likeness (QED) is 0.200. The largest absolute Gasteiger partial charge is 0.381 e. The first-order valence-electron chi connectivity index (χ1n) is 18.6. The summed E-state index contributed by atoms with van der Waals surface area (Å²) in [7, 11) is 1.71. The Bertz CT molecular complexity index is 2810. The maximum atomic E-state index is 15.9. The molecule has 15 heteroatoms. The fourth-order valence-electron chi connectivity index (χ4n) is 8.43. The summed E-state index contributed by atoms with van der Waals surface area (Å²) in [6, 6.07) is 14.1. The van der Waals surface area contributed by atoms with Crippen molar-refractivity contribution in [2.45, 2.75) is 58.5 Å². The van der Waals surface area contributed by atoms with Crippen molar-refractivity contribution in [1.82, 2.24) is 43.1 Å². The number of carbonyl (C=O) groups is 1. The number of carbonyl (C=O) groups excluding carboxylic acids is 1. The Labute approximate surface area is 319 Å². The van der Waals surface area contributed by atoms with Gasteiger partial charge in [0.25, 0.3) is 5.91 Å². The van der Waals surface area contributed by atoms with Crippen LogP contribution in [-0.4, -0.2) is 68.8 Å². The summed E-state index contributed by atoms with van der Waals surface area (Å²) < 4.78 is 43.8. The highest BCUT2D eigenvalue weighted by molar-refractivity contribution is 5.95. The van der Waals surface area contributed by atoms with Crippen molar-refractivity contribution >= 4 is 27.8 Å². The molecule has 6 heterocycles. The van der Waals surface area contributed by atoms with E-state index in [0.717, 1.165) is 18.4 Å². The Kier molecular flexibility index (Phi) is 8.46. The minimum atomic E-state index is -0.621. The van der Waals surface area contributed by atoms with Crippen LogP contribution in [0.15, 0.2) is 65.8 Å². The second-order valence-corrected chi connectivity index (χ2v) is 14.6. The van der Waals surface area contributed by atoms with Gasteiger partial charge in [0.2, 0.25) is 5.82 Å². The fourth-order valence-corrected chi connectivity index (χ4v) is 8.43. The molecular formula is C41H38F2N10O3. The van der Waals surface area contributed by atoms with Gasteiger partial charge in [0, 0.05) is 51.2 Å². The molecule has 9 rings (SSSR count). The Balaban J connectivity index is 1.17. The number of benzene rings is 3. The number of halogens is 2. The molecule has 0 N–H and O–H groups in total. The predicted molar refractivity (Wildman–Crippen MR) is 203 cm³/mol. The summed E-state index contributed by atoms with van der Waals surface area (Å²) >= 11 is 0. The third kappa shape index (κ3) is 5.46. The van der Waals surface area contributed by atoms with Gasteiger partial charge in [-0.2, -0.15) is 15.5 Å². The normalized spacial score (nSPS) is 16.2. The number of aromatic nitrogens is 8. The molecule has 1 atom stereocenters. The summed E-state index contributed by atoms with van der Waals surface area (Å²) in [4.78, 5) is 35.6. The van der Waals surface area contributed by atoms with E-state index < -0.39 is 17.5 Å². The van der Waals surface area contributed by atoms with Crippen LogP contribution in [-0.2, 0) is 24.8 Å². The van der Waals surface area contributed by atoms with E-state index >= 15 is 4.39 Å². The van der Waals surface area contributed by atoms with E-state index in [1.165, 1.54) is 27.6 Å². The van der Waals surface area contributed by atoms with Crippen LogP contribution in [0, 0.1) is 36.8 Å². The highest BCUT2D eigenvalue weighted by Gasteiger charge is 2.37. The summed E-state index contributed by atoms with van der Waals surface area (Å²) in [6.45, 7) is 6.80. The molecule has 0 aliphatic carbocycles. The van der Waals surface area contributed by atoms with Crippen LogP contribution in [0.3, 0.4) is 0 Å². The molecule has 1 amide bonds. The van der Waals surface area contributed by atoms with Crippen molar-refractivity contribution in [2.75, 3.05) is 19.8 Å². The predicted octanol–water partition coefficient (Wildman–Crippen LogP) is 6.12. The van der Waals surface area contributed by atoms with E-state index in [-0.39, 0.29) is 35.2 Å². The van der Waals surface area contributed by atoms with E-state index in [0.29, 0.717) is 82.5 Å². The molecule has 56 heavy (non-hydrogen) atoms. The number of nitrogens with zero attached hydrogens (tertiary/aromatic N) is 10. The summed E-state index contributed by atoms with van der Waals surface area (Å²) in [5.74, 6) is -0.502. The van der Waals surface area contributed by atoms with Gasteiger partial charge < -0.3 is 14.2 Å². The molecule has 0 saturated carbocycles. The average molecular weight is 757 g/mol. The lowest BCUT2D eigenvalue weighted by molar-refractivity contribution is 0.0660. The van der Waals surface area contributed by atoms with Crippen molar-refractivity contribution in [2.24, 2.45) is 7.05 Å². The zero-order valence-corrected chi connectivity index (χ0v) is 31.3. The number of hydrogen-bond acceptors (Lipinski definition) is 7. The van der Waals surface area contributed by atoms with Gasteiger partial charge in [-0.1, -0.05) is 6.07 Å². The molecule has 1 unspecified atom stereocenters. The molecule has 2 aliphatic heterocycles. The number of imidazole rings is 2. The lowest BCUT2D eigenvalue weighted by Crippen LogP contribution is -2.40. The van der Waals surface area contributed by atoms with Crippen LogP contribution in [0.4, 0.5) is 8.78 Å². The SMILES string of the molecule is Cc1cc(-n2nc3c(c2-n2ccn(-c4ccc5c(cnn5C)c4F)c2=O)C(C)N(C(=O)c2nc4cc(C5CCOCC5)ccc4n2CC#N)CC3)cc(C)c1F. The van der Waals surface area contributed by atoms with Gasteiger partial charge in [0.05, 0.1) is 57.3 Å². The van der Waals surface area contributed by atoms with E-state index in [9.17, 15) is 19.2 Å². The van der Waals surface area contributed by atoms with Gasteiger partial charge >= 0.3 is 5.69 Å². The standard InChI is InChI=1S/C41H38F2N10O3/c1-23-19-28(20-24(2)36(23)42)53-39(52-16-15-51(41(52)55)34-8-7-32-29(37(34)43)22-45-48(32)4)35-25(3)49(13-9-30(35)47-53)40(54)38-46-31-21-27(26-10-17-56-18-11-26)5-6-33(31)50(38)14-12-44/h5-8,15-16,19-22,25-26H,9-11,13-14,17-18H2,1-4H3. The Hall–Kier alpha value is -6.40. The van der Waals surface area contributed by atoms with Crippen LogP contribution in [0.1, 0.15) is 70.3 Å². The summed E-state index contributed by atoms with van der Waals surface area (Å²) in [5.41, 5.74) is 5.09. The van der Waals surface area contributed by atoms with Gasteiger partial charge in [-0.3, -0.25) is 18.6 Å². The molecule has 4 aromatic heterocycles. The van der Waals surface area contributed by atoms with Crippen molar-refractivity contribution in [1.29, 1.82) is 5.26 Å². The van der Waals surface area contributed by atoms with E-state index in [4.69, 9.17) is 14.8 Å². The lowest BCUT2D eigenvalue weighted by Gasteiger charge is -2.33. The molecule has 284 valence electrons. The number of hydrogen-bond donors (Lipinski definition) is 0. The van der Waals surface area contributed by atoms with Crippen LogP contribution in [0.5, 0.6) is 0 Å². The lowest BCUT2D eigenvalue weighted by atomic mass is 9.91. The van der Waals surface area contributed by atoms with Crippen molar-refractivity contribution in [3.05, 3.63) is 117 Å². The second-order valence-electron chi connectivity index (χ2n) is 14.6. The molecule has 3 aromatic carbocycles. The maximum absolute atomic E-state index is 15.9. The van der Waals surface area contributed by atoms with Crippen LogP contribution in [0.2, 0.25) is 0 Å². The number of rotatable bonds is 6. The van der Waals surface area contributed by atoms with Gasteiger partial charge in [0.1, 0.15) is 18.2 Å². The Morgan fingerprint density at radius 1 is 1.00 bits per heavy atom. The highest BCUT2D eigenvalue weighted by atomic mass is 19.1. The summed E-state index contributed by atoms with van der Waals surface area (Å²) in [6.07, 6.45) is 6.60. The highest BCUT2D eigenvalue weighted by Crippen LogP contribution is 2.37. The van der Waals surface area contributed by atoms with Gasteiger partial charge in [-0.25, -0.2) is 23.2 Å². The minimum absolute atomic E-state index is 0.0453. The molecule has 0 radical (unpaired) electrons. The molecular weight excluding hydrogens is 719 g/mol. The zero-order chi connectivity index (χ0) is 39.0. The number of amides is 1. The first kappa shape index (κ1) is 35.3. The molecule has 2 aliphatic rings. The zero-order valence-electron chi connectivity index (χ0n) is 31.3. The van der Waals surface area contributed by atoms with Gasteiger partial charge in [0.15, 0.2) is 5.82 Å². The molecule has 0 bridgehead atoms. The monoisotopic (exact) mass is 756 g/mol. The molecule has 1 fully saturated rings. The van der Waals surface area contributed by atoms with Crippen LogP contribution in [0.25, 0.3) is 39.1 Å². The van der Waals surface area contributed by atoms with E-state index in [2.05, 4.69) is 11.2 Å². The Morgan fingerprint density at radius 2 is 1.73 bits per heavy atom. The second kappa shape index (κ2) is 13.4. The number of aryl methyl sites for hydroxylation is 3. The third-order valence-electron chi connectivity index (χ3n) is 11.4. The first-order valence-corrected chi connectivity index (χ1v) is 18.6. The molecule has 1 saturated heterocycles. The average Bonchev–Trinajstić information content (AvgIpc) is 3.97. The van der Waals surface area contributed by atoms with Crippen molar-refractivity contribution in [3.63, 3.8) is 0 Å².